The molecule has 5 unspecified atom stereocenters. The summed E-state index contributed by atoms with van der Waals surface area (Å²) in [6, 6.07) is 0. The summed E-state index contributed by atoms with van der Waals surface area (Å²) < 4.78 is 18.2. The lowest BCUT2D eigenvalue weighted by molar-refractivity contribution is 1.60. The largest absolute Gasteiger partial charge is 0.314 e. The quantitative estimate of drug-likeness (QED) is 0.551. The molecule has 0 aromatic carbocycles. The van der Waals surface area contributed by atoms with E-state index in [2.05, 4.69) is 22.5 Å². The molecule has 0 aliphatic rings. The zero-order valence-electron chi connectivity index (χ0n) is 6.54. The van der Waals surface area contributed by atoms with Gasteiger partial charge in [-0.05, 0) is 11.2 Å². The number of aromatic amines is 4. The van der Waals surface area contributed by atoms with Crippen LogP contribution in [0, 0.1) is 0 Å². The molecule has 0 saturated carbocycles. The van der Waals surface area contributed by atoms with E-state index in [1.807, 2.05) is 0 Å². The fourth-order valence-electron chi connectivity index (χ4n) is 0.388. The first-order valence-electron chi connectivity index (χ1n) is 3.13. The second-order valence-electron chi connectivity index (χ2n) is 1.67. The average molecular weight is 349 g/mol. The highest BCUT2D eigenvalue weighted by atomic mass is 35.7. The summed E-state index contributed by atoms with van der Waals surface area (Å²) in [6.07, 6.45) is 0. The second kappa shape index (κ2) is 8.35. The number of aromatic nitrogens is 6. The average Bonchev–Trinajstić information content (AvgIpc) is 2.18. The Balaban J connectivity index is 3.25. The SMILES string of the molecule is Cln1[pH][nH][pH][nH][pH][nH][pH]np[nH]p1Cl. The molecule has 14 heavy (non-hydrogen) atoms. The molecule has 0 saturated heterocycles. The zero-order valence-corrected chi connectivity index (χ0v) is 13.8. The van der Waals surface area contributed by atoms with Gasteiger partial charge in [-0.2, -0.15) is 8.12 Å². The van der Waals surface area contributed by atoms with Crippen molar-refractivity contribution in [2.24, 2.45) is 0 Å². The third-order valence-electron chi connectivity index (χ3n) is 0.835. The molecule has 0 fully saturated rings. The van der Waals surface area contributed by atoms with E-state index in [1.54, 1.807) is 0 Å². The van der Waals surface area contributed by atoms with Crippen LogP contribution in [0.2, 0.25) is 0 Å². The molecule has 0 spiro atoms. The topological polar surface area (TPSA) is 81.0 Å². The van der Waals surface area contributed by atoms with Gasteiger partial charge >= 0.3 is 0 Å². The predicted octanol–water partition coefficient (Wildman–Crippen LogP) is 4.39. The Labute approximate surface area is 98.8 Å². The maximum Gasteiger partial charge on any atom is 0.147 e. The lowest BCUT2D eigenvalue weighted by Gasteiger charge is -1.91. The molecule has 0 aliphatic heterocycles. The van der Waals surface area contributed by atoms with E-state index in [0.717, 1.165) is 8.51 Å². The van der Waals surface area contributed by atoms with Crippen molar-refractivity contribution in [2.75, 3.05) is 0 Å². The number of rotatable bonds is 0. The van der Waals surface area contributed by atoms with E-state index in [4.69, 9.17) is 23.0 Å². The van der Waals surface area contributed by atoms with Gasteiger partial charge in [0.1, 0.15) is 15.7 Å². The van der Waals surface area contributed by atoms with E-state index in [-0.39, 0.29) is 0 Å². The lowest BCUT2D eigenvalue weighted by atomic mass is 13.8. The van der Waals surface area contributed by atoms with Gasteiger partial charge in [0.05, 0.1) is 0 Å². The van der Waals surface area contributed by atoms with E-state index in [1.165, 1.54) is 3.61 Å². The highest BCUT2D eigenvalue weighted by Crippen LogP contribution is 2.30. The Bertz CT molecular complexity index is 347. The Kier molecular flexibility index (Phi) is 7.90. The van der Waals surface area contributed by atoms with Gasteiger partial charge in [-0.1, -0.05) is 0 Å². The molecule has 0 amide bonds. The number of halogens is 2. The van der Waals surface area contributed by atoms with Crippen LogP contribution in [0.4, 0.5) is 0 Å². The van der Waals surface area contributed by atoms with E-state index < -0.39 is 7.20 Å². The van der Waals surface area contributed by atoms with Gasteiger partial charge in [-0.15, -0.1) is 0 Å². The highest BCUT2D eigenvalue weighted by molar-refractivity contribution is 7.76. The number of nitrogens with one attached hydrogen (secondary N) is 4. The molecule has 0 radical (unpaired) electrons. The summed E-state index contributed by atoms with van der Waals surface area (Å²) in [5.41, 5.74) is 0. The molecular formula is H8Cl2N6P6. The van der Waals surface area contributed by atoms with E-state index in [9.17, 15) is 0 Å². The molecule has 1 rings (SSSR count). The van der Waals surface area contributed by atoms with Crippen LogP contribution in [0.25, 0.3) is 0 Å². The first kappa shape index (κ1) is 13.2. The molecule has 4 N–H and O–H groups in total. The highest BCUT2D eigenvalue weighted by Gasteiger charge is 1.82. The van der Waals surface area contributed by atoms with Crippen molar-refractivity contribution in [1.29, 1.82) is 0 Å². The lowest BCUT2D eigenvalue weighted by Crippen LogP contribution is -1.63. The summed E-state index contributed by atoms with van der Waals surface area (Å²) in [7, 11) is 1.40. The Hall–Kier alpha value is 1.18. The van der Waals surface area contributed by atoms with Crippen molar-refractivity contribution in [3.63, 3.8) is 0 Å². The van der Waals surface area contributed by atoms with Crippen molar-refractivity contribution >= 4 is 72.8 Å². The van der Waals surface area contributed by atoms with Crippen molar-refractivity contribution in [1.82, 2.24) is 26.2 Å². The summed E-state index contributed by atoms with van der Waals surface area (Å²) in [5.74, 6) is 0. The van der Waals surface area contributed by atoms with Crippen molar-refractivity contribution in [3.05, 3.63) is 0 Å². The maximum absolute atomic E-state index is 5.98. The Morgan fingerprint density at radius 2 is 2.07 bits per heavy atom. The molecular weight excluding hydrogens is 341 g/mol. The van der Waals surface area contributed by atoms with E-state index >= 15 is 0 Å². The van der Waals surface area contributed by atoms with Crippen LogP contribution < -0.4 is 0 Å². The first-order chi connectivity index (χ1) is 6.80. The third-order valence-corrected chi connectivity index (χ3v) is 9.39. The third kappa shape index (κ3) is 5.92. The van der Waals surface area contributed by atoms with Gasteiger partial charge < -0.3 is 13.5 Å². The van der Waals surface area contributed by atoms with Crippen LogP contribution in [0.1, 0.15) is 0 Å². The Morgan fingerprint density at radius 1 is 1.29 bits per heavy atom. The van der Waals surface area contributed by atoms with Crippen LogP contribution in [0.3, 0.4) is 0 Å². The summed E-state index contributed by atoms with van der Waals surface area (Å²) >= 11 is 11.9. The fraction of sp³-hybridized carbons (Fsp3) is 0. The van der Waals surface area contributed by atoms with Gasteiger partial charge in [0, 0.05) is 45.8 Å². The van der Waals surface area contributed by atoms with Gasteiger partial charge in [0.2, 0.25) is 0 Å². The molecule has 82 valence electrons. The smallest absolute Gasteiger partial charge is 0.147 e. The molecule has 6 nitrogen and oxygen atoms in total. The molecule has 1 aromatic heterocycles. The molecule has 0 aliphatic carbocycles. The summed E-state index contributed by atoms with van der Waals surface area (Å²) in [5, 5.41) is 0. The summed E-state index contributed by atoms with van der Waals surface area (Å²) in [4.78, 5) is 0. The first-order valence-corrected chi connectivity index (χ1v) is 10.4. The molecule has 5 atom stereocenters. The van der Waals surface area contributed by atoms with Crippen LogP contribution >= 0.6 is 72.8 Å². The maximum atomic E-state index is 5.98. The van der Waals surface area contributed by atoms with Gasteiger partial charge in [0.25, 0.3) is 0 Å². The zero-order chi connectivity index (χ0) is 10.2. The monoisotopic (exact) mass is 348 g/mol. The predicted molar refractivity (Wildman–Crippen MR) is 75.9 cm³/mol. The molecule has 1 aromatic rings. The van der Waals surface area contributed by atoms with Crippen LogP contribution in [-0.4, -0.2) is 26.2 Å². The van der Waals surface area contributed by atoms with Gasteiger partial charge in [-0.25, -0.2) is 0 Å². The number of nitrogens with zero attached hydrogens (tertiary/aromatic N) is 2. The molecule has 14 heteroatoms. The minimum absolute atomic E-state index is 0.297. The standard InChI is InChI=1S/Cl2H8N6P6/c1-8-13-6-11-4-9-3-10-5-12-7-14(8)2/h3-4,6,9-11,13H,(H,5,7). The number of hydrogen-bond donors (Lipinski definition) is 4. The van der Waals surface area contributed by atoms with E-state index in [0.29, 0.717) is 34.0 Å². The van der Waals surface area contributed by atoms with Crippen LogP contribution in [0.5, 0.6) is 0 Å². The molecule has 1 heterocycles. The van der Waals surface area contributed by atoms with Crippen LogP contribution in [0.15, 0.2) is 0 Å². The second-order valence-corrected chi connectivity index (χ2v) is 11.0. The normalized spacial score (nSPS) is 12.9. The van der Waals surface area contributed by atoms with Crippen molar-refractivity contribution in [3.8, 4) is 0 Å². The van der Waals surface area contributed by atoms with Gasteiger partial charge in [-0.3, -0.25) is 4.51 Å². The van der Waals surface area contributed by atoms with Crippen molar-refractivity contribution in [2.45, 2.75) is 0 Å². The Morgan fingerprint density at radius 3 is 2.93 bits per heavy atom. The minimum Gasteiger partial charge on any atom is -0.314 e. The number of hydrogen-bond acceptors (Lipinski definition) is 1. The number of H-pyrrole nitrogens is 4. The van der Waals surface area contributed by atoms with Crippen molar-refractivity contribution < 1.29 is 0 Å². The minimum atomic E-state index is -1.03. The molecule has 0 bridgehead atoms. The van der Waals surface area contributed by atoms with Gasteiger partial charge in [0.15, 0.2) is 0 Å². The fourth-order valence-corrected chi connectivity index (χ4v) is 7.65. The van der Waals surface area contributed by atoms with Crippen LogP contribution in [-0.2, 0) is 0 Å². The summed E-state index contributed by atoms with van der Waals surface area (Å²) in [6.45, 7) is 0.